The molecule has 0 radical (unpaired) electrons. The standard InChI is InChI=1S/C6H13N3O3/c7-5(11)6(12)9-2-1-8-3-4-10/h8,10H,1-4H2,(H2,7,11)(H,9,12). The second kappa shape index (κ2) is 6.56. The van der Waals surface area contributed by atoms with E-state index in [1.807, 2.05) is 0 Å². The van der Waals surface area contributed by atoms with Crippen LogP contribution >= 0.6 is 0 Å². The van der Waals surface area contributed by atoms with E-state index in [0.29, 0.717) is 19.6 Å². The minimum absolute atomic E-state index is 0.0454. The number of nitrogens with two attached hydrogens (primary N) is 1. The van der Waals surface area contributed by atoms with Crippen molar-refractivity contribution in [1.29, 1.82) is 0 Å². The van der Waals surface area contributed by atoms with Crippen molar-refractivity contribution >= 4 is 11.8 Å². The van der Waals surface area contributed by atoms with E-state index >= 15 is 0 Å². The van der Waals surface area contributed by atoms with Gasteiger partial charge in [0.05, 0.1) is 6.61 Å². The molecule has 0 atom stereocenters. The Morgan fingerprint density at radius 3 is 2.42 bits per heavy atom. The van der Waals surface area contributed by atoms with Gasteiger partial charge in [-0.3, -0.25) is 9.59 Å². The summed E-state index contributed by atoms with van der Waals surface area (Å²) in [5, 5.41) is 13.4. The van der Waals surface area contributed by atoms with Crippen LogP contribution in [0.2, 0.25) is 0 Å². The molecule has 0 heterocycles. The summed E-state index contributed by atoms with van der Waals surface area (Å²) in [6, 6.07) is 0. The number of aliphatic hydroxyl groups excluding tert-OH is 1. The summed E-state index contributed by atoms with van der Waals surface area (Å²) in [4.78, 5) is 20.7. The summed E-state index contributed by atoms with van der Waals surface area (Å²) in [5.74, 6) is -1.78. The van der Waals surface area contributed by atoms with Crippen molar-refractivity contribution in [3.63, 3.8) is 0 Å². The van der Waals surface area contributed by atoms with E-state index in [1.54, 1.807) is 0 Å². The molecule has 0 aliphatic carbocycles. The molecule has 0 saturated heterocycles. The van der Waals surface area contributed by atoms with Crippen molar-refractivity contribution in [2.75, 3.05) is 26.2 Å². The third kappa shape index (κ3) is 5.63. The third-order valence-electron chi connectivity index (χ3n) is 1.10. The lowest BCUT2D eigenvalue weighted by Gasteiger charge is -2.02. The highest BCUT2D eigenvalue weighted by atomic mass is 16.3. The Kier molecular flexibility index (Phi) is 5.94. The molecule has 0 bridgehead atoms. The lowest BCUT2D eigenvalue weighted by atomic mass is 10.5. The summed E-state index contributed by atoms with van der Waals surface area (Å²) in [6.45, 7) is 1.33. The fourth-order valence-corrected chi connectivity index (χ4v) is 0.556. The molecule has 6 heteroatoms. The lowest BCUT2D eigenvalue weighted by molar-refractivity contribution is -0.137. The number of carbonyl (C=O) groups excluding carboxylic acids is 2. The Bertz CT molecular complexity index is 160. The van der Waals surface area contributed by atoms with Crippen molar-refractivity contribution in [3.05, 3.63) is 0 Å². The molecule has 0 aromatic rings. The van der Waals surface area contributed by atoms with Crippen LogP contribution in [0.25, 0.3) is 0 Å². The van der Waals surface area contributed by atoms with Crippen LogP contribution in [0, 0.1) is 0 Å². The van der Waals surface area contributed by atoms with Crippen LogP contribution in [0.5, 0.6) is 0 Å². The van der Waals surface area contributed by atoms with E-state index in [9.17, 15) is 9.59 Å². The van der Waals surface area contributed by atoms with Crippen LogP contribution in [0.4, 0.5) is 0 Å². The maximum absolute atomic E-state index is 10.5. The first-order chi connectivity index (χ1) is 5.68. The molecule has 0 spiro atoms. The minimum atomic E-state index is -0.989. The highest BCUT2D eigenvalue weighted by Crippen LogP contribution is 1.63. The smallest absolute Gasteiger partial charge is 0.309 e. The molecule has 12 heavy (non-hydrogen) atoms. The molecule has 0 aliphatic heterocycles. The average molecular weight is 175 g/mol. The van der Waals surface area contributed by atoms with Crippen molar-refractivity contribution in [2.24, 2.45) is 5.73 Å². The number of nitrogens with one attached hydrogen (secondary N) is 2. The van der Waals surface area contributed by atoms with E-state index in [-0.39, 0.29) is 6.61 Å². The Morgan fingerprint density at radius 1 is 1.25 bits per heavy atom. The zero-order valence-corrected chi connectivity index (χ0v) is 6.67. The lowest BCUT2D eigenvalue weighted by Crippen LogP contribution is -2.39. The van der Waals surface area contributed by atoms with E-state index in [4.69, 9.17) is 5.11 Å². The number of hydrogen-bond donors (Lipinski definition) is 4. The summed E-state index contributed by atoms with van der Waals surface area (Å²) in [5.41, 5.74) is 4.67. The number of carbonyl (C=O) groups is 2. The molecule has 0 aliphatic rings. The van der Waals surface area contributed by atoms with Crippen LogP contribution in [0.3, 0.4) is 0 Å². The van der Waals surface area contributed by atoms with Gasteiger partial charge in [0.25, 0.3) is 0 Å². The predicted octanol–water partition coefficient (Wildman–Crippen LogP) is -2.83. The highest BCUT2D eigenvalue weighted by Gasteiger charge is 2.05. The molecule has 0 rings (SSSR count). The molecule has 5 N–H and O–H groups in total. The monoisotopic (exact) mass is 175 g/mol. The largest absolute Gasteiger partial charge is 0.395 e. The molecular weight excluding hydrogens is 162 g/mol. The fourth-order valence-electron chi connectivity index (χ4n) is 0.556. The summed E-state index contributed by atoms with van der Waals surface area (Å²) < 4.78 is 0. The van der Waals surface area contributed by atoms with Gasteiger partial charge in [-0.1, -0.05) is 0 Å². The molecule has 0 aromatic heterocycles. The van der Waals surface area contributed by atoms with Crippen LogP contribution in [0.15, 0.2) is 0 Å². The first kappa shape index (κ1) is 10.9. The van der Waals surface area contributed by atoms with Crippen molar-refractivity contribution in [3.8, 4) is 0 Å². The molecular formula is C6H13N3O3. The molecule has 0 fully saturated rings. The number of hydrogen-bond acceptors (Lipinski definition) is 4. The molecule has 0 saturated carbocycles. The van der Waals surface area contributed by atoms with Crippen LogP contribution in [-0.4, -0.2) is 43.2 Å². The first-order valence-corrected chi connectivity index (χ1v) is 3.57. The Balaban J connectivity index is 3.20. The van der Waals surface area contributed by atoms with Crippen molar-refractivity contribution in [2.45, 2.75) is 0 Å². The third-order valence-corrected chi connectivity index (χ3v) is 1.10. The van der Waals surface area contributed by atoms with Gasteiger partial charge >= 0.3 is 11.8 Å². The summed E-state index contributed by atoms with van der Waals surface area (Å²) in [6.07, 6.45) is 0. The van der Waals surface area contributed by atoms with E-state index in [2.05, 4.69) is 16.4 Å². The quantitative estimate of drug-likeness (QED) is 0.267. The SMILES string of the molecule is NC(=O)C(=O)NCCNCCO. The van der Waals surface area contributed by atoms with Crippen LogP contribution in [0.1, 0.15) is 0 Å². The van der Waals surface area contributed by atoms with Gasteiger partial charge in [0, 0.05) is 19.6 Å². The molecule has 6 nitrogen and oxygen atoms in total. The summed E-state index contributed by atoms with van der Waals surface area (Å²) >= 11 is 0. The fraction of sp³-hybridized carbons (Fsp3) is 0.667. The topological polar surface area (TPSA) is 104 Å². The predicted molar refractivity (Wildman–Crippen MR) is 42.2 cm³/mol. The van der Waals surface area contributed by atoms with Crippen molar-refractivity contribution in [1.82, 2.24) is 10.6 Å². The maximum Gasteiger partial charge on any atom is 0.309 e. The number of primary amides is 1. The molecule has 2 amide bonds. The zero-order chi connectivity index (χ0) is 9.40. The zero-order valence-electron chi connectivity index (χ0n) is 6.67. The van der Waals surface area contributed by atoms with Gasteiger partial charge in [0.15, 0.2) is 0 Å². The van der Waals surface area contributed by atoms with E-state index in [0.717, 1.165) is 0 Å². The Hall–Kier alpha value is -1.14. The molecule has 0 aromatic carbocycles. The van der Waals surface area contributed by atoms with Gasteiger partial charge in [-0.25, -0.2) is 0 Å². The average Bonchev–Trinajstić information content (AvgIpc) is 2.03. The van der Waals surface area contributed by atoms with Gasteiger partial charge in [-0.15, -0.1) is 0 Å². The van der Waals surface area contributed by atoms with Gasteiger partial charge in [-0.05, 0) is 0 Å². The minimum Gasteiger partial charge on any atom is -0.395 e. The summed E-state index contributed by atoms with van der Waals surface area (Å²) in [7, 11) is 0. The second-order valence-corrected chi connectivity index (χ2v) is 2.09. The second-order valence-electron chi connectivity index (χ2n) is 2.09. The van der Waals surface area contributed by atoms with Gasteiger partial charge in [0.1, 0.15) is 0 Å². The maximum atomic E-state index is 10.5. The van der Waals surface area contributed by atoms with Gasteiger partial charge < -0.3 is 21.5 Å². The van der Waals surface area contributed by atoms with E-state index in [1.165, 1.54) is 0 Å². The van der Waals surface area contributed by atoms with Crippen molar-refractivity contribution < 1.29 is 14.7 Å². The van der Waals surface area contributed by atoms with Gasteiger partial charge in [0.2, 0.25) is 0 Å². The Morgan fingerprint density at radius 2 is 1.92 bits per heavy atom. The first-order valence-electron chi connectivity index (χ1n) is 3.57. The molecule has 70 valence electrons. The number of aliphatic hydroxyl groups is 1. The van der Waals surface area contributed by atoms with E-state index < -0.39 is 11.8 Å². The van der Waals surface area contributed by atoms with Crippen LogP contribution < -0.4 is 16.4 Å². The number of amides is 2. The number of rotatable bonds is 5. The normalized spacial score (nSPS) is 9.42. The Labute approximate surface area is 70.1 Å². The van der Waals surface area contributed by atoms with Crippen LogP contribution in [-0.2, 0) is 9.59 Å². The van der Waals surface area contributed by atoms with Gasteiger partial charge in [-0.2, -0.15) is 0 Å². The molecule has 0 unspecified atom stereocenters. The highest BCUT2D eigenvalue weighted by molar-refractivity contribution is 6.34.